The Morgan fingerprint density at radius 3 is 2.72 bits per heavy atom. The van der Waals surface area contributed by atoms with Crippen LogP contribution in [0.4, 0.5) is 11.5 Å². The zero-order valence-electron chi connectivity index (χ0n) is 9.09. The molecule has 0 aliphatic heterocycles. The van der Waals surface area contributed by atoms with Crippen molar-refractivity contribution in [1.29, 1.82) is 0 Å². The van der Waals surface area contributed by atoms with Crippen molar-refractivity contribution in [2.45, 2.75) is 0 Å². The molecule has 0 saturated heterocycles. The van der Waals surface area contributed by atoms with Gasteiger partial charge in [-0.05, 0) is 30.3 Å². The predicted molar refractivity (Wildman–Crippen MR) is 67.5 cm³/mol. The number of phenolic OH excluding ortho intramolecular Hbond substituents is 1. The fourth-order valence-electron chi connectivity index (χ4n) is 1.31. The summed E-state index contributed by atoms with van der Waals surface area (Å²) in [6.45, 7) is 0. The lowest BCUT2D eigenvalue weighted by molar-refractivity contribution is 0.102. The van der Waals surface area contributed by atoms with Crippen LogP contribution in [0.5, 0.6) is 5.75 Å². The van der Waals surface area contributed by atoms with E-state index in [1.54, 1.807) is 0 Å². The number of rotatable bonds is 2. The molecular weight excluding hydrogens is 256 g/mol. The molecule has 0 radical (unpaired) electrons. The number of nitrogens with two attached hydrogens (primary N) is 1. The molecule has 4 N–H and O–H groups in total. The van der Waals surface area contributed by atoms with Crippen molar-refractivity contribution in [2.24, 2.45) is 0 Å². The van der Waals surface area contributed by atoms with Crippen LogP contribution < -0.4 is 11.1 Å². The molecule has 0 saturated carbocycles. The molecule has 2 rings (SSSR count). The lowest BCUT2D eigenvalue weighted by Crippen LogP contribution is -2.15. The molecule has 1 aromatic carbocycles. The standard InChI is InChI=1S/C11H9ClN4O2/c12-9-3-4-10(16-15-9)14-11(18)7-5-6(17)1-2-8(7)13/h1-5,17H,13H2,(H,14,16,18). The van der Waals surface area contributed by atoms with Crippen molar-refractivity contribution in [2.75, 3.05) is 11.1 Å². The summed E-state index contributed by atoms with van der Waals surface area (Å²) in [5.41, 5.74) is 6.05. The number of carbonyl (C=O) groups excluding carboxylic acids is 1. The van der Waals surface area contributed by atoms with Crippen LogP contribution >= 0.6 is 11.6 Å². The average Bonchev–Trinajstić information content (AvgIpc) is 2.35. The number of aromatic nitrogens is 2. The number of nitrogens with zero attached hydrogens (tertiary/aromatic N) is 2. The Bertz CT molecular complexity index is 586. The van der Waals surface area contributed by atoms with Gasteiger partial charge >= 0.3 is 0 Å². The van der Waals surface area contributed by atoms with E-state index in [0.29, 0.717) is 0 Å². The zero-order chi connectivity index (χ0) is 13.1. The van der Waals surface area contributed by atoms with Gasteiger partial charge in [0.25, 0.3) is 5.91 Å². The Labute approximate surface area is 107 Å². The minimum atomic E-state index is -0.486. The smallest absolute Gasteiger partial charge is 0.259 e. The first kappa shape index (κ1) is 12.1. The minimum absolute atomic E-state index is 0.0449. The van der Waals surface area contributed by atoms with Gasteiger partial charge in [-0.1, -0.05) is 11.6 Å². The molecule has 1 amide bonds. The third kappa shape index (κ3) is 2.67. The Morgan fingerprint density at radius 1 is 1.28 bits per heavy atom. The maximum absolute atomic E-state index is 11.9. The summed E-state index contributed by atoms with van der Waals surface area (Å²) in [5, 5.41) is 19.3. The number of hydrogen-bond donors (Lipinski definition) is 3. The molecular formula is C11H9ClN4O2. The largest absolute Gasteiger partial charge is 0.508 e. The fraction of sp³-hybridized carbons (Fsp3) is 0. The Hall–Kier alpha value is -2.34. The summed E-state index contributed by atoms with van der Waals surface area (Å²) < 4.78 is 0. The first-order valence-electron chi connectivity index (χ1n) is 4.95. The van der Waals surface area contributed by atoms with Crippen molar-refractivity contribution in [3.05, 3.63) is 41.0 Å². The molecule has 0 aliphatic carbocycles. The normalized spacial score (nSPS) is 10.1. The lowest BCUT2D eigenvalue weighted by Gasteiger charge is -2.06. The van der Waals surface area contributed by atoms with Gasteiger partial charge in [-0.2, -0.15) is 0 Å². The first-order valence-corrected chi connectivity index (χ1v) is 5.33. The SMILES string of the molecule is Nc1ccc(O)cc1C(=O)Nc1ccc(Cl)nn1. The molecule has 0 aliphatic rings. The summed E-state index contributed by atoms with van der Waals surface area (Å²) in [7, 11) is 0. The van der Waals surface area contributed by atoms with E-state index in [1.807, 2.05) is 0 Å². The third-order valence-electron chi connectivity index (χ3n) is 2.16. The van der Waals surface area contributed by atoms with Crippen molar-refractivity contribution >= 4 is 29.0 Å². The molecule has 2 aromatic rings. The number of halogens is 1. The second kappa shape index (κ2) is 4.89. The zero-order valence-corrected chi connectivity index (χ0v) is 9.85. The van der Waals surface area contributed by atoms with E-state index in [0.717, 1.165) is 0 Å². The minimum Gasteiger partial charge on any atom is -0.508 e. The topological polar surface area (TPSA) is 101 Å². The first-order chi connectivity index (χ1) is 8.56. The molecule has 0 bridgehead atoms. The van der Waals surface area contributed by atoms with Gasteiger partial charge in [-0.25, -0.2) is 0 Å². The maximum Gasteiger partial charge on any atom is 0.259 e. The summed E-state index contributed by atoms with van der Waals surface area (Å²) in [4.78, 5) is 11.9. The summed E-state index contributed by atoms with van der Waals surface area (Å²) in [5.74, 6) is -0.288. The van der Waals surface area contributed by atoms with Crippen molar-refractivity contribution in [3.63, 3.8) is 0 Å². The van der Waals surface area contributed by atoms with Crippen LogP contribution in [0.2, 0.25) is 5.15 Å². The number of phenols is 1. The highest BCUT2D eigenvalue weighted by molar-refractivity contribution is 6.29. The number of benzene rings is 1. The molecule has 92 valence electrons. The summed E-state index contributed by atoms with van der Waals surface area (Å²) >= 11 is 5.57. The third-order valence-corrected chi connectivity index (χ3v) is 2.36. The van der Waals surface area contributed by atoms with Crippen molar-refractivity contribution in [1.82, 2.24) is 10.2 Å². The number of anilines is 2. The lowest BCUT2D eigenvalue weighted by atomic mass is 10.1. The second-order valence-electron chi connectivity index (χ2n) is 3.47. The van der Waals surface area contributed by atoms with Gasteiger partial charge in [0.05, 0.1) is 5.56 Å². The van der Waals surface area contributed by atoms with Crippen LogP contribution in [0.15, 0.2) is 30.3 Å². The number of hydrogen-bond acceptors (Lipinski definition) is 5. The average molecular weight is 265 g/mol. The molecule has 1 heterocycles. The number of nitrogens with one attached hydrogen (secondary N) is 1. The highest BCUT2D eigenvalue weighted by Crippen LogP contribution is 2.19. The van der Waals surface area contributed by atoms with Crippen LogP contribution in [-0.4, -0.2) is 21.2 Å². The molecule has 0 atom stereocenters. The van der Waals surface area contributed by atoms with Gasteiger partial charge in [0, 0.05) is 5.69 Å². The van der Waals surface area contributed by atoms with Crippen LogP contribution in [0.25, 0.3) is 0 Å². The van der Waals surface area contributed by atoms with Crippen molar-refractivity contribution < 1.29 is 9.90 Å². The Morgan fingerprint density at radius 2 is 2.06 bits per heavy atom. The molecule has 0 unspecified atom stereocenters. The van der Waals surface area contributed by atoms with Gasteiger partial charge in [0.15, 0.2) is 11.0 Å². The molecule has 18 heavy (non-hydrogen) atoms. The highest BCUT2D eigenvalue weighted by atomic mass is 35.5. The molecule has 6 nitrogen and oxygen atoms in total. The number of amides is 1. The highest BCUT2D eigenvalue weighted by Gasteiger charge is 2.11. The molecule has 0 spiro atoms. The molecule has 7 heteroatoms. The molecule has 0 fully saturated rings. The quantitative estimate of drug-likeness (QED) is 0.566. The second-order valence-corrected chi connectivity index (χ2v) is 3.85. The van der Waals surface area contributed by atoms with Crippen LogP contribution in [-0.2, 0) is 0 Å². The van der Waals surface area contributed by atoms with E-state index in [9.17, 15) is 9.90 Å². The van der Waals surface area contributed by atoms with Gasteiger partial charge in [0.2, 0.25) is 0 Å². The van der Waals surface area contributed by atoms with Gasteiger partial charge < -0.3 is 16.2 Å². The maximum atomic E-state index is 11.9. The van der Waals surface area contributed by atoms with Gasteiger partial charge in [-0.15, -0.1) is 10.2 Å². The summed E-state index contributed by atoms with van der Waals surface area (Å²) in [6.07, 6.45) is 0. The van der Waals surface area contributed by atoms with Crippen molar-refractivity contribution in [3.8, 4) is 5.75 Å². The van der Waals surface area contributed by atoms with E-state index in [-0.39, 0.29) is 28.0 Å². The van der Waals surface area contributed by atoms with E-state index in [2.05, 4.69) is 15.5 Å². The van der Waals surface area contributed by atoms with Crippen LogP contribution in [0, 0.1) is 0 Å². The summed E-state index contributed by atoms with van der Waals surface area (Å²) in [6, 6.07) is 7.11. The Balaban J connectivity index is 2.21. The number of aromatic hydroxyl groups is 1. The van der Waals surface area contributed by atoms with E-state index in [4.69, 9.17) is 17.3 Å². The fourth-order valence-corrected chi connectivity index (χ4v) is 1.41. The molecule has 1 aromatic heterocycles. The van der Waals surface area contributed by atoms with Gasteiger partial charge in [-0.3, -0.25) is 4.79 Å². The van der Waals surface area contributed by atoms with Crippen LogP contribution in [0.3, 0.4) is 0 Å². The number of carbonyl (C=O) groups is 1. The number of nitrogen functional groups attached to an aromatic ring is 1. The monoisotopic (exact) mass is 264 g/mol. The predicted octanol–water partition coefficient (Wildman–Crippen LogP) is 1.67. The van der Waals surface area contributed by atoms with E-state index < -0.39 is 5.91 Å². The van der Waals surface area contributed by atoms with Crippen LogP contribution in [0.1, 0.15) is 10.4 Å². The van der Waals surface area contributed by atoms with E-state index >= 15 is 0 Å². The Kier molecular flexibility index (Phi) is 3.29. The van der Waals surface area contributed by atoms with Gasteiger partial charge in [0.1, 0.15) is 5.75 Å². The van der Waals surface area contributed by atoms with E-state index in [1.165, 1.54) is 30.3 Å².